The normalized spacial score (nSPS) is 14.1. The van der Waals surface area contributed by atoms with Gasteiger partial charge in [-0.05, 0) is 19.1 Å². The summed E-state index contributed by atoms with van der Waals surface area (Å²) < 4.78 is 10.2. The van der Waals surface area contributed by atoms with E-state index < -0.39 is 0 Å². The summed E-state index contributed by atoms with van der Waals surface area (Å²) in [6.07, 6.45) is 1.54. The molecule has 0 aliphatic rings. The summed E-state index contributed by atoms with van der Waals surface area (Å²) in [6.45, 7) is 1.91. The fourth-order valence-electron chi connectivity index (χ4n) is 1.32. The Labute approximate surface area is 99.9 Å². The topological polar surface area (TPSA) is 83.7 Å². The lowest BCUT2D eigenvalue weighted by molar-refractivity contribution is 0.155. The van der Waals surface area contributed by atoms with Gasteiger partial charge in [-0.3, -0.25) is 0 Å². The van der Waals surface area contributed by atoms with E-state index in [9.17, 15) is 4.79 Å². The van der Waals surface area contributed by atoms with Crippen LogP contribution in [0.2, 0.25) is 0 Å². The van der Waals surface area contributed by atoms with Gasteiger partial charge in [0.15, 0.2) is 0 Å². The molecule has 1 aromatic rings. The number of aliphatic hydroxyl groups is 1. The van der Waals surface area contributed by atoms with Crippen LogP contribution in [-0.2, 0) is 4.74 Å². The van der Waals surface area contributed by atoms with Crippen molar-refractivity contribution in [3.05, 3.63) is 24.2 Å². The number of ether oxygens (including phenoxy) is 1. The highest BCUT2D eigenvalue weighted by molar-refractivity contribution is 5.74. The molecular formula is C11H18N2O4. The molecule has 0 fully saturated rings. The van der Waals surface area contributed by atoms with Crippen LogP contribution in [-0.4, -0.2) is 37.5 Å². The highest BCUT2D eigenvalue weighted by Crippen LogP contribution is 2.13. The maximum Gasteiger partial charge on any atom is 0.315 e. The second-order valence-corrected chi connectivity index (χ2v) is 3.72. The van der Waals surface area contributed by atoms with Crippen LogP contribution in [0.1, 0.15) is 18.7 Å². The lowest BCUT2D eigenvalue weighted by Crippen LogP contribution is -2.44. The van der Waals surface area contributed by atoms with E-state index in [4.69, 9.17) is 14.3 Å². The number of carbonyl (C=O) groups is 1. The molecule has 0 spiro atoms. The molecule has 96 valence electrons. The molecule has 0 saturated carbocycles. The van der Waals surface area contributed by atoms with Crippen LogP contribution in [0.25, 0.3) is 0 Å². The fourth-order valence-corrected chi connectivity index (χ4v) is 1.32. The molecule has 1 heterocycles. The van der Waals surface area contributed by atoms with Gasteiger partial charge in [-0.2, -0.15) is 0 Å². The first-order chi connectivity index (χ1) is 8.17. The van der Waals surface area contributed by atoms with E-state index in [1.54, 1.807) is 26.2 Å². The van der Waals surface area contributed by atoms with Crippen LogP contribution >= 0.6 is 0 Å². The molecule has 1 aromatic heterocycles. The summed E-state index contributed by atoms with van der Waals surface area (Å²) in [5.41, 5.74) is 0. The van der Waals surface area contributed by atoms with Gasteiger partial charge < -0.3 is 24.9 Å². The van der Waals surface area contributed by atoms with Gasteiger partial charge in [-0.15, -0.1) is 0 Å². The molecule has 1 unspecified atom stereocenters. The highest BCUT2D eigenvalue weighted by atomic mass is 16.5. The van der Waals surface area contributed by atoms with Crippen LogP contribution in [0, 0.1) is 0 Å². The van der Waals surface area contributed by atoms with Crippen molar-refractivity contribution < 1.29 is 19.1 Å². The summed E-state index contributed by atoms with van der Waals surface area (Å²) in [7, 11) is 1.55. The lowest BCUT2D eigenvalue weighted by atomic mass is 10.2. The molecule has 6 nitrogen and oxygen atoms in total. The van der Waals surface area contributed by atoms with Crippen LogP contribution in [0.15, 0.2) is 22.8 Å². The smallest absolute Gasteiger partial charge is 0.315 e. The van der Waals surface area contributed by atoms with E-state index in [2.05, 4.69) is 10.6 Å². The van der Waals surface area contributed by atoms with Crippen LogP contribution in [0.3, 0.4) is 0 Å². The molecule has 0 aliphatic carbocycles. The van der Waals surface area contributed by atoms with E-state index in [1.807, 2.05) is 0 Å². The van der Waals surface area contributed by atoms with Crippen LogP contribution in [0.4, 0.5) is 4.79 Å². The van der Waals surface area contributed by atoms with Crippen molar-refractivity contribution in [2.45, 2.75) is 19.0 Å². The van der Waals surface area contributed by atoms with Gasteiger partial charge in [0.05, 0.1) is 25.5 Å². The minimum atomic E-state index is -0.370. The zero-order valence-electron chi connectivity index (χ0n) is 9.97. The van der Waals surface area contributed by atoms with E-state index in [0.717, 1.165) is 0 Å². The zero-order chi connectivity index (χ0) is 12.7. The Morgan fingerprint density at radius 2 is 2.35 bits per heavy atom. The van der Waals surface area contributed by atoms with Crippen molar-refractivity contribution in [2.75, 3.05) is 20.3 Å². The largest absolute Gasteiger partial charge is 0.467 e. The van der Waals surface area contributed by atoms with Gasteiger partial charge in [0.1, 0.15) is 11.8 Å². The molecule has 3 N–H and O–H groups in total. The minimum absolute atomic E-state index is 0.108. The number of methoxy groups -OCH3 is 1. The SMILES string of the molecule is COCC(NC(=O)N[C@@H](C)CO)c1ccco1. The molecule has 0 aliphatic heterocycles. The Morgan fingerprint density at radius 1 is 1.59 bits per heavy atom. The maximum atomic E-state index is 11.6. The van der Waals surface area contributed by atoms with Crippen molar-refractivity contribution in [1.82, 2.24) is 10.6 Å². The summed E-state index contributed by atoms with van der Waals surface area (Å²) in [6, 6.07) is 2.49. The molecule has 6 heteroatoms. The first-order valence-electron chi connectivity index (χ1n) is 5.37. The average Bonchev–Trinajstić information content (AvgIpc) is 2.81. The molecule has 2 atom stereocenters. The van der Waals surface area contributed by atoms with Crippen molar-refractivity contribution in [3.8, 4) is 0 Å². The molecule has 0 saturated heterocycles. The second-order valence-electron chi connectivity index (χ2n) is 3.72. The van der Waals surface area contributed by atoms with E-state index in [1.165, 1.54) is 6.26 Å². The van der Waals surface area contributed by atoms with Gasteiger partial charge in [-0.25, -0.2) is 4.79 Å². The number of hydrogen-bond donors (Lipinski definition) is 3. The molecule has 1 rings (SSSR count). The van der Waals surface area contributed by atoms with Crippen molar-refractivity contribution in [1.29, 1.82) is 0 Å². The van der Waals surface area contributed by atoms with Gasteiger partial charge in [-0.1, -0.05) is 0 Å². The third-order valence-electron chi connectivity index (χ3n) is 2.18. The number of hydrogen-bond acceptors (Lipinski definition) is 4. The molecule has 17 heavy (non-hydrogen) atoms. The Hall–Kier alpha value is -1.53. The highest BCUT2D eigenvalue weighted by Gasteiger charge is 2.17. The molecule has 0 bridgehead atoms. The monoisotopic (exact) mass is 242 g/mol. The summed E-state index contributed by atoms with van der Waals surface area (Å²) >= 11 is 0. The molecule has 0 radical (unpaired) electrons. The van der Waals surface area contributed by atoms with Gasteiger partial charge >= 0.3 is 6.03 Å². The van der Waals surface area contributed by atoms with E-state index >= 15 is 0 Å². The summed E-state index contributed by atoms with van der Waals surface area (Å²) in [5.74, 6) is 0.624. The van der Waals surface area contributed by atoms with Crippen molar-refractivity contribution in [3.63, 3.8) is 0 Å². The van der Waals surface area contributed by atoms with Gasteiger partial charge in [0.25, 0.3) is 0 Å². The Morgan fingerprint density at radius 3 is 2.88 bits per heavy atom. The van der Waals surface area contributed by atoms with Gasteiger partial charge in [0, 0.05) is 7.11 Å². The number of aliphatic hydroxyl groups excluding tert-OH is 1. The van der Waals surface area contributed by atoms with Crippen LogP contribution in [0.5, 0.6) is 0 Å². The standard InChI is InChI=1S/C11H18N2O4/c1-8(6-14)12-11(15)13-9(7-16-2)10-4-3-5-17-10/h3-5,8-9,14H,6-7H2,1-2H3,(H2,12,13,15)/t8-,9?/m0/s1. The number of urea groups is 1. The van der Waals surface area contributed by atoms with E-state index in [0.29, 0.717) is 12.4 Å². The van der Waals surface area contributed by atoms with E-state index in [-0.39, 0.29) is 24.7 Å². The number of nitrogens with one attached hydrogen (secondary N) is 2. The Balaban J connectivity index is 2.52. The lowest BCUT2D eigenvalue weighted by Gasteiger charge is -2.18. The number of carbonyl (C=O) groups excluding carboxylic acids is 1. The van der Waals surface area contributed by atoms with Gasteiger partial charge in [0.2, 0.25) is 0 Å². The van der Waals surface area contributed by atoms with Crippen LogP contribution < -0.4 is 10.6 Å². The number of rotatable bonds is 6. The predicted octanol–water partition coefficient (Wildman–Crippen LogP) is 0.647. The average molecular weight is 242 g/mol. The molecular weight excluding hydrogens is 224 g/mol. The molecule has 0 aromatic carbocycles. The van der Waals surface area contributed by atoms with Crippen molar-refractivity contribution in [2.24, 2.45) is 0 Å². The minimum Gasteiger partial charge on any atom is -0.467 e. The third kappa shape index (κ3) is 4.46. The van der Waals surface area contributed by atoms with Crippen molar-refractivity contribution >= 4 is 6.03 Å². The molecule has 2 amide bonds. The first kappa shape index (κ1) is 13.5. The Bertz CT molecular complexity index is 326. The fraction of sp³-hybridized carbons (Fsp3) is 0.545. The zero-order valence-corrected chi connectivity index (χ0v) is 9.97. The number of amides is 2. The quantitative estimate of drug-likeness (QED) is 0.683. The Kier molecular flexibility index (Phi) is 5.51. The number of furan rings is 1. The third-order valence-corrected chi connectivity index (χ3v) is 2.18. The predicted molar refractivity (Wildman–Crippen MR) is 61.5 cm³/mol. The summed E-state index contributed by atoms with van der Waals surface area (Å²) in [4.78, 5) is 11.6. The first-order valence-corrected chi connectivity index (χ1v) is 5.37. The maximum absolute atomic E-state index is 11.6. The summed E-state index contributed by atoms with van der Waals surface area (Å²) in [5, 5.41) is 14.1. The second kappa shape index (κ2) is 6.93.